The van der Waals surface area contributed by atoms with Crippen LogP contribution in [0.25, 0.3) is 0 Å². The first-order valence-corrected chi connectivity index (χ1v) is 5.04. The minimum Gasteiger partial charge on any atom is -0.392 e. The third-order valence-corrected chi connectivity index (χ3v) is 2.96. The molecule has 0 aliphatic carbocycles. The predicted molar refractivity (Wildman–Crippen MR) is 58.0 cm³/mol. The number of carbonyl (C=O) groups is 1. The Morgan fingerprint density at radius 2 is 1.93 bits per heavy atom. The molecule has 1 fully saturated rings. The maximum atomic E-state index is 12.0. The summed E-state index contributed by atoms with van der Waals surface area (Å²) in [5.74, 6) is -0.00620. The van der Waals surface area contributed by atoms with Crippen molar-refractivity contribution >= 4 is 23.1 Å². The number of ether oxygens (including phenoxy) is 1. The van der Waals surface area contributed by atoms with Crippen molar-refractivity contribution in [2.75, 3.05) is 26.3 Å². The lowest BCUT2D eigenvalue weighted by molar-refractivity contribution is -0.141. The maximum absolute atomic E-state index is 12.0. The van der Waals surface area contributed by atoms with E-state index in [1.165, 1.54) is 0 Å². The zero-order valence-electron chi connectivity index (χ0n) is 8.58. The van der Waals surface area contributed by atoms with Crippen LogP contribution in [0.2, 0.25) is 0 Å². The van der Waals surface area contributed by atoms with Crippen molar-refractivity contribution in [1.82, 2.24) is 4.90 Å². The second-order valence-corrected chi connectivity index (χ2v) is 4.33. The van der Waals surface area contributed by atoms with E-state index >= 15 is 0 Å². The van der Waals surface area contributed by atoms with Gasteiger partial charge in [0.25, 0.3) is 0 Å². The van der Waals surface area contributed by atoms with Crippen molar-refractivity contribution < 1.29 is 9.53 Å². The standard InChI is InChI=1S/C9H16N2O2S/c1-9(2,7(10)14)8(12)11-3-5-13-6-4-11/h3-6H2,1-2H3,(H2,10,14). The molecule has 1 heterocycles. The summed E-state index contributed by atoms with van der Waals surface area (Å²) in [6.45, 7) is 5.97. The molecule has 0 saturated carbocycles. The van der Waals surface area contributed by atoms with Gasteiger partial charge in [-0.3, -0.25) is 4.79 Å². The van der Waals surface area contributed by atoms with E-state index in [0.717, 1.165) is 0 Å². The molecule has 0 aromatic rings. The Morgan fingerprint density at radius 1 is 1.43 bits per heavy atom. The van der Waals surface area contributed by atoms with Crippen LogP contribution in [0.15, 0.2) is 0 Å². The minimum absolute atomic E-state index is 0.00620. The van der Waals surface area contributed by atoms with Gasteiger partial charge in [0.2, 0.25) is 5.91 Å². The first kappa shape index (κ1) is 11.4. The van der Waals surface area contributed by atoms with Crippen LogP contribution in [0.1, 0.15) is 13.8 Å². The van der Waals surface area contributed by atoms with E-state index in [1.807, 2.05) is 0 Å². The molecule has 2 N–H and O–H groups in total. The fourth-order valence-corrected chi connectivity index (χ4v) is 1.35. The van der Waals surface area contributed by atoms with Crippen molar-refractivity contribution in [1.29, 1.82) is 0 Å². The van der Waals surface area contributed by atoms with Gasteiger partial charge in [0.1, 0.15) is 0 Å². The highest BCUT2D eigenvalue weighted by atomic mass is 32.1. The molecule has 0 unspecified atom stereocenters. The summed E-state index contributed by atoms with van der Waals surface area (Å²) in [5.41, 5.74) is 4.79. The van der Waals surface area contributed by atoms with Crippen LogP contribution in [0, 0.1) is 5.41 Å². The largest absolute Gasteiger partial charge is 0.392 e. The van der Waals surface area contributed by atoms with Gasteiger partial charge in [-0.25, -0.2) is 0 Å². The first-order chi connectivity index (χ1) is 6.46. The molecule has 1 aliphatic rings. The predicted octanol–water partition coefficient (Wildman–Crippen LogP) is 0.158. The molecule has 80 valence electrons. The summed E-state index contributed by atoms with van der Waals surface area (Å²) in [5, 5.41) is 0. The Balaban J connectivity index is 2.67. The van der Waals surface area contributed by atoms with E-state index in [0.29, 0.717) is 26.3 Å². The lowest BCUT2D eigenvalue weighted by atomic mass is 9.91. The summed E-state index contributed by atoms with van der Waals surface area (Å²) >= 11 is 4.88. The van der Waals surface area contributed by atoms with Gasteiger partial charge in [0.05, 0.1) is 23.6 Å². The van der Waals surface area contributed by atoms with Gasteiger partial charge >= 0.3 is 0 Å². The Labute approximate surface area is 89.4 Å². The van der Waals surface area contributed by atoms with Gasteiger partial charge in [0, 0.05) is 13.1 Å². The number of nitrogens with zero attached hydrogens (tertiary/aromatic N) is 1. The highest BCUT2D eigenvalue weighted by Crippen LogP contribution is 2.19. The molecule has 0 aromatic carbocycles. The Kier molecular flexibility index (Phi) is 3.44. The molecule has 0 atom stereocenters. The van der Waals surface area contributed by atoms with E-state index in [2.05, 4.69) is 0 Å². The Bertz CT molecular complexity index is 247. The molecule has 14 heavy (non-hydrogen) atoms. The fourth-order valence-electron chi connectivity index (χ4n) is 1.27. The molecule has 1 rings (SSSR count). The van der Waals surface area contributed by atoms with Crippen molar-refractivity contribution in [2.24, 2.45) is 11.1 Å². The van der Waals surface area contributed by atoms with Gasteiger partial charge in [-0.05, 0) is 13.8 Å². The number of carbonyl (C=O) groups excluding carboxylic acids is 1. The van der Waals surface area contributed by atoms with Gasteiger partial charge in [-0.1, -0.05) is 12.2 Å². The van der Waals surface area contributed by atoms with Gasteiger partial charge in [-0.2, -0.15) is 0 Å². The van der Waals surface area contributed by atoms with Gasteiger partial charge < -0.3 is 15.4 Å². The average Bonchev–Trinajstić information content (AvgIpc) is 2.17. The van der Waals surface area contributed by atoms with Gasteiger partial charge in [-0.15, -0.1) is 0 Å². The van der Waals surface area contributed by atoms with Crippen LogP contribution < -0.4 is 5.73 Å². The average molecular weight is 216 g/mol. The maximum Gasteiger partial charge on any atom is 0.235 e. The number of hydrogen-bond acceptors (Lipinski definition) is 3. The van der Waals surface area contributed by atoms with Crippen LogP contribution in [0.5, 0.6) is 0 Å². The highest BCUT2D eigenvalue weighted by Gasteiger charge is 2.35. The molecular weight excluding hydrogens is 200 g/mol. The molecule has 1 amide bonds. The molecule has 1 saturated heterocycles. The topological polar surface area (TPSA) is 55.6 Å². The molecule has 0 bridgehead atoms. The smallest absolute Gasteiger partial charge is 0.235 e. The zero-order chi connectivity index (χ0) is 10.8. The third kappa shape index (κ3) is 2.22. The second kappa shape index (κ2) is 4.23. The monoisotopic (exact) mass is 216 g/mol. The Morgan fingerprint density at radius 3 is 2.36 bits per heavy atom. The van der Waals surface area contributed by atoms with Gasteiger partial charge in [0.15, 0.2) is 0 Å². The van der Waals surface area contributed by atoms with E-state index in [-0.39, 0.29) is 10.9 Å². The van der Waals surface area contributed by atoms with Crippen molar-refractivity contribution in [3.63, 3.8) is 0 Å². The quantitative estimate of drug-likeness (QED) is 0.668. The van der Waals surface area contributed by atoms with Crippen molar-refractivity contribution in [3.05, 3.63) is 0 Å². The van der Waals surface area contributed by atoms with E-state index in [1.54, 1.807) is 18.7 Å². The summed E-state index contributed by atoms with van der Waals surface area (Å²) in [7, 11) is 0. The van der Waals surface area contributed by atoms with Crippen molar-refractivity contribution in [3.8, 4) is 0 Å². The molecule has 4 nitrogen and oxygen atoms in total. The van der Waals surface area contributed by atoms with Crippen LogP contribution >= 0.6 is 12.2 Å². The first-order valence-electron chi connectivity index (χ1n) is 4.63. The van der Waals surface area contributed by atoms with Crippen LogP contribution in [-0.4, -0.2) is 42.1 Å². The summed E-state index contributed by atoms with van der Waals surface area (Å²) in [4.78, 5) is 14.0. The van der Waals surface area contributed by atoms with Crippen LogP contribution in [0.3, 0.4) is 0 Å². The Hall–Kier alpha value is -0.680. The second-order valence-electron chi connectivity index (χ2n) is 3.89. The van der Waals surface area contributed by atoms with Crippen molar-refractivity contribution in [2.45, 2.75) is 13.8 Å². The summed E-state index contributed by atoms with van der Waals surface area (Å²) < 4.78 is 5.17. The van der Waals surface area contributed by atoms with E-state index < -0.39 is 5.41 Å². The lowest BCUT2D eigenvalue weighted by Gasteiger charge is -2.33. The molecule has 0 radical (unpaired) electrons. The molecule has 1 aliphatic heterocycles. The highest BCUT2D eigenvalue weighted by molar-refractivity contribution is 7.80. The van der Waals surface area contributed by atoms with Crippen LogP contribution in [0.4, 0.5) is 0 Å². The number of morpholine rings is 1. The lowest BCUT2D eigenvalue weighted by Crippen LogP contribution is -2.50. The third-order valence-electron chi connectivity index (χ3n) is 2.45. The SMILES string of the molecule is CC(C)(C(=O)N1CCOCC1)C(N)=S. The summed E-state index contributed by atoms with van der Waals surface area (Å²) in [6, 6.07) is 0. The molecule has 0 aromatic heterocycles. The van der Waals surface area contributed by atoms with E-state index in [9.17, 15) is 4.79 Å². The van der Waals surface area contributed by atoms with Crippen LogP contribution in [-0.2, 0) is 9.53 Å². The molecule has 5 heteroatoms. The summed E-state index contributed by atoms with van der Waals surface area (Å²) in [6.07, 6.45) is 0. The normalized spacial score (nSPS) is 18.0. The minimum atomic E-state index is -0.743. The number of thiocarbonyl (C=S) groups is 1. The number of rotatable bonds is 2. The number of hydrogen-bond donors (Lipinski definition) is 1. The zero-order valence-corrected chi connectivity index (χ0v) is 9.39. The molecule has 0 spiro atoms. The van der Waals surface area contributed by atoms with E-state index in [4.69, 9.17) is 22.7 Å². The number of amides is 1. The number of nitrogens with two attached hydrogens (primary N) is 1. The fraction of sp³-hybridized carbons (Fsp3) is 0.778. The molecular formula is C9H16N2O2S.